The average molecular weight is 443 g/mol. The molecular weight excluding hydrogens is 422 g/mol. The van der Waals surface area contributed by atoms with Crippen LogP contribution in [0.2, 0.25) is 0 Å². The van der Waals surface area contributed by atoms with Crippen LogP contribution >= 0.6 is 0 Å². The lowest BCUT2D eigenvalue weighted by Crippen LogP contribution is -2.40. The minimum Gasteiger partial charge on any atom is -0.335 e. The molecule has 4 rings (SSSR count). The van der Waals surface area contributed by atoms with Crippen molar-refractivity contribution >= 4 is 28.8 Å². The summed E-state index contributed by atoms with van der Waals surface area (Å²) in [6.45, 7) is 1.82. The second-order valence-electron chi connectivity index (χ2n) is 7.33. The summed E-state index contributed by atoms with van der Waals surface area (Å²) in [5.41, 5.74) is 4.10. The highest BCUT2D eigenvalue weighted by Crippen LogP contribution is 2.20. The third-order valence-corrected chi connectivity index (χ3v) is 5.00. The summed E-state index contributed by atoms with van der Waals surface area (Å²) in [7, 11) is 1.78. The smallest absolute Gasteiger partial charge is 0.272 e. The van der Waals surface area contributed by atoms with Crippen molar-refractivity contribution in [3.8, 4) is 0 Å². The Balaban J connectivity index is 1.68. The number of rotatable bonds is 6. The summed E-state index contributed by atoms with van der Waals surface area (Å²) in [6.07, 6.45) is 3.23. The van der Waals surface area contributed by atoms with Gasteiger partial charge in [-0.3, -0.25) is 19.1 Å². The minimum atomic E-state index is -1.22. The molecule has 33 heavy (non-hydrogen) atoms. The lowest BCUT2D eigenvalue weighted by atomic mass is 10.0. The number of H-pyrrole nitrogens is 1. The molecule has 0 bridgehead atoms. The highest BCUT2D eigenvalue weighted by molar-refractivity contribution is 5.99. The van der Waals surface area contributed by atoms with Gasteiger partial charge in [0.05, 0.1) is 17.3 Å². The number of fused-ring (bicyclic) bond motifs is 1. The second-order valence-corrected chi connectivity index (χ2v) is 7.33. The summed E-state index contributed by atoms with van der Waals surface area (Å²) in [5.74, 6) is -1.10. The Labute approximate surface area is 188 Å². The van der Waals surface area contributed by atoms with Crippen molar-refractivity contribution in [2.75, 3.05) is 0 Å². The van der Waals surface area contributed by atoms with E-state index in [1.807, 2.05) is 6.92 Å². The zero-order valence-corrected chi connectivity index (χ0v) is 17.9. The van der Waals surface area contributed by atoms with Crippen molar-refractivity contribution in [2.45, 2.75) is 13.0 Å². The van der Waals surface area contributed by atoms with Gasteiger partial charge in [-0.25, -0.2) is 10.5 Å². The van der Waals surface area contributed by atoms with Crippen LogP contribution in [0.15, 0.2) is 70.7 Å². The summed E-state index contributed by atoms with van der Waals surface area (Å²) in [4.78, 5) is 38.2. The van der Waals surface area contributed by atoms with E-state index in [0.717, 1.165) is 11.3 Å². The van der Waals surface area contributed by atoms with E-state index >= 15 is 0 Å². The lowest BCUT2D eigenvalue weighted by molar-refractivity contribution is -0.123. The topological polar surface area (TPSA) is 134 Å². The normalized spacial score (nSPS) is 12.1. The number of hydrogen-bond donors (Lipinski definition) is 3. The van der Waals surface area contributed by atoms with Gasteiger partial charge in [0.2, 0.25) is 0 Å². The number of nitrogens with one attached hydrogen (secondary N) is 3. The summed E-state index contributed by atoms with van der Waals surface area (Å²) >= 11 is 0. The maximum absolute atomic E-state index is 13.1. The van der Waals surface area contributed by atoms with E-state index in [0.29, 0.717) is 16.3 Å². The van der Waals surface area contributed by atoms with E-state index in [-0.39, 0.29) is 5.69 Å². The first-order valence-electron chi connectivity index (χ1n) is 10.1. The molecule has 10 nitrogen and oxygen atoms in total. The van der Waals surface area contributed by atoms with Gasteiger partial charge in [0.15, 0.2) is 6.04 Å². The van der Waals surface area contributed by atoms with Gasteiger partial charge in [0, 0.05) is 29.8 Å². The predicted octanol–water partition coefficient (Wildman–Crippen LogP) is 1.59. The van der Waals surface area contributed by atoms with Crippen LogP contribution in [0.3, 0.4) is 0 Å². The third kappa shape index (κ3) is 4.69. The third-order valence-electron chi connectivity index (χ3n) is 5.00. The van der Waals surface area contributed by atoms with Crippen molar-refractivity contribution < 1.29 is 9.59 Å². The minimum absolute atomic E-state index is 0.194. The number of carbonyl (C=O) groups excluding carboxylic acids is 2. The first-order chi connectivity index (χ1) is 15.9. The van der Waals surface area contributed by atoms with E-state index in [1.165, 1.54) is 6.21 Å². The number of benzene rings is 2. The van der Waals surface area contributed by atoms with Crippen LogP contribution in [0.4, 0.5) is 0 Å². The molecule has 3 N–H and O–H groups in total. The van der Waals surface area contributed by atoms with Crippen molar-refractivity contribution in [1.82, 2.24) is 30.7 Å². The predicted molar refractivity (Wildman–Crippen MR) is 123 cm³/mol. The van der Waals surface area contributed by atoms with Crippen molar-refractivity contribution in [3.05, 3.63) is 93.7 Å². The zero-order valence-electron chi connectivity index (χ0n) is 17.9. The van der Waals surface area contributed by atoms with E-state index < -0.39 is 23.4 Å². The Kier molecular flexibility index (Phi) is 6.07. The molecule has 2 heterocycles. The van der Waals surface area contributed by atoms with E-state index in [9.17, 15) is 14.4 Å². The average Bonchev–Trinajstić information content (AvgIpc) is 3.15. The highest BCUT2D eigenvalue weighted by Gasteiger charge is 2.27. The molecule has 0 fully saturated rings. The molecule has 10 heteroatoms. The van der Waals surface area contributed by atoms with Gasteiger partial charge < -0.3 is 5.32 Å². The Morgan fingerprint density at radius 3 is 2.48 bits per heavy atom. The van der Waals surface area contributed by atoms with Gasteiger partial charge in [0.1, 0.15) is 5.69 Å². The molecule has 166 valence electrons. The molecule has 2 amide bonds. The van der Waals surface area contributed by atoms with Crippen LogP contribution in [0, 0.1) is 6.92 Å². The Hall–Kier alpha value is -4.60. The van der Waals surface area contributed by atoms with Crippen LogP contribution in [0.25, 0.3) is 10.8 Å². The molecule has 2 aromatic heterocycles. The maximum Gasteiger partial charge on any atom is 0.272 e. The van der Waals surface area contributed by atoms with Crippen LogP contribution in [0.1, 0.15) is 33.4 Å². The fraction of sp³-hybridized carbons (Fsp3) is 0.130. The van der Waals surface area contributed by atoms with Gasteiger partial charge in [-0.15, -0.1) is 0 Å². The van der Waals surface area contributed by atoms with Crippen LogP contribution in [-0.4, -0.2) is 38.0 Å². The SMILES string of the molecule is Cc1nn(C)cc1C=NNC(=O)[C@@H](NC(=O)c1ccccc1)c1n[nH]c(=O)c2ccccc12. The van der Waals surface area contributed by atoms with Gasteiger partial charge >= 0.3 is 0 Å². The first kappa shape index (κ1) is 21.6. The summed E-state index contributed by atoms with van der Waals surface area (Å²) < 4.78 is 1.64. The number of aryl methyl sites for hydroxylation is 2. The number of carbonyl (C=O) groups is 2. The van der Waals surface area contributed by atoms with Crippen LogP contribution < -0.4 is 16.3 Å². The second kappa shape index (κ2) is 9.27. The van der Waals surface area contributed by atoms with E-state index in [2.05, 4.69) is 31.1 Å². The first-order valence-corrected chi connectivity index (χ1v) is 10.1. The number of amides is 2. The number of hydrogen-bond acceptors (Lipinski definition) is 6. The molecule has 0 radical (unpaired) electrons. The Bertz CT molecular complexity index is 1410. The van der Waals surface area contributed by atoms with Crippen molar-refractivity contribution in [2.24, 2.45) is 12.1 Å². The quantitative estimate of drug-likeness (QED) is 0.307. The summed E-state index contributed by atoms with van der Waals surface area (Å²) in [6, 6.07) is 14.0. The fourth-order valence-corrected chi connectivity index (χ4v) is 3.39. The van der Waals surface area contributed by atoms with Gasteiger partial charge in [-0.1, -0.05) is 36.4 Å². The molecule has 0 spiro atoms. The number of nitrogens with zero attached hydrogens (tertiary/aromatic N) is 4. The molecule has 0 aliphatic rings. The van der Waals surface area contributed by atoms with E-state index in [1.54, 1.807) is 72.5 Å². The monoisotopic (exact) mass is 443 g/mol. The molecule has 0 saturated heterocycles. The Morgan fingerprint density at radius 1 is 1.09 bits per heavy atom. The molecule has 1 atom stereocenters. The standard InChI is InChI=1S/C23H21N7O3/c1-14-16(13-30(2)29-14)12-24-27-23(33)20(25-21(31)15-8-4-3-5-9-15)19-17-10-6-7-11-18(17)22(32)28-26-19/h3-13,20H,1-2H3,(H,25,31)(H,27,33)(H,28,32)/t20-/m0/s1. The Morgan fingerprint density at radius 2 is 1.79 bits per heavy atom. The van der Waals surface area contributed by atoms with Crippen molar-refractivity contribution in [1.29, 1.82) is 0 Å². The van der Waals surface area contributed by atoms with Crippen LogP contribution in [0.5, 0.6) is 0 Å². The molecular formula is C23H21N7O3. The van der Waals surface area contributed by atoms with Crippen molar-refractivity contribution in [3.63, 3.8) is 0 Å². The van der Waals surface area contributed by atoms with Crippen LogP contribution in [-0.2, 0) is 11.8 Å². The largest absolute Gasteiger partial charge is 0.335 e. The highest BCUT2D eigenvalue weighted by atomic mass is 16.2. The van der Waals surface area contributed by atoms with Gasteiger partial charge in [-0.2, -0.15) is 15.3 Å². The molecule has 4 aromatic rings. The number of aromatic nitrogens is 4. The van der Waals surface area contributed by atoms with Gasteiger partial charge in [0.25, 0.3) is 17.4 Å². The molecule has 0 aliphatic heterocycles. The molecule has 0 unspecified atom stereocenters. The molecule has 2 aromatic carbocycles. The summed E-state index contributed by atoms with van der Waals surface area (Å²) in [5, 5.41) is 18.2. The number of aromatic amines is 1. The van der Waals surface area contributed by atoms with Gasteiger partial charge in [-0.05, 0) is 25.1 Å². The molecule has 0 aliphatic carbocycles. The lowest BCUT2D eigenvalue weighted by Gasteiger charge is -2.18. The molecule has 0 saturated carbocycles. The fourth-order valence-electron chi connectivity index (χ4n) is 3.39. The number of hydrazone groups is 1. The van der Waals surface area contributed by atoms with E-state index in [4.69, 9.17) is 0 Å². The zero-order chi connectivity index (χ0) is 23.4. The maximum atomic E-state index is 13.1.